The van der Waals surface area contributed by atoms with Gasteiger partial charge in [0.1, 0.15) is 0 Å². The number of unbranched alkanes of at least 4 members (excludes halogenated alkanes) is 20. The van der Waals surface area contributed by atoms with E-state index in [9.17, 15) is 15.0 Å². The maximum Gasteiger partial charge on any atom is 0.220 e. The van der Waals surface area contributed by atoms with Crippen LogP contribution < -0.4 is 5.32 Å². The van der Waals surface area contributed by atoms with Crippen LogP contribution in [0.4, 0.5) is 0 Å². The molecule has 0 bridgehead atoms. The molecule has 3 N–H and O–H groups in total. The van der Waals surface area contributed by atoms with Crippen LogP contribution in [0.1, 0.15) is 174 Å². The number of carbonyl (C=O) groups is 1. The zero-order chi connectivity index (χ0) is 30.1. The van der Waals surface area contributed by atoms with Gasteiger partial charge in [0.2, 0.25) is 5.91 Å². The molecule has 0 radical (unpaired) electrons. The Hall–Kier alpha value is -1.39. The van der Waals surface area contributed by atoms with Crippen molar-refractivity contribution in [1.29, 1.82) is 0 Å². The predicted molar refractivity (Wildman–Crippen MR) is 179 cm³/mol. The first-order chi connectivity index (χ1) is 20.2. The summed E-state index contributed by atoms with van der Waals surface area (Å²) in [5, 5.41) is 22.8. The second kappa shape index (κ2) is 33.1. The Balaban J connectivity index is 3.70. The minimum atomic E-state index is -0.864. The standard InChI is InChI=1S/C37H69NO3/c1-3-5-7-9-11-13-14-15-16-17-18-19-20-21-22-23-25-26-28-30-32-36(40)35(34-39)38-37(41)33-31-29-27-24-12-10-8-6-4-2/h19-20,23,25,30,32,35-36,39-40H,3-18,21-22,24,26-29,31,33-34H2,1-2H3,(H,38,41)/b20-19+,25-23+,32-30+. The zero-order valence-electron chi connectivity index (χ0n) is 27.3. The van der Waals surface area contributed by atoms with Crippen molar-refractivity contribution < 1.29 is 15.0 Å². The Bertz CT molecular complexity index is 628. The van der Waals surface area contributed by atoms with E-state index in [1.165, 1.54) is 116 Å². The van der Waals surface area contributed by atoms with Gasteiger partial charge in [-0.05, 0) is 44.9 Å². The fourth-order valence-corrected chi connectivity index (χ4v) is 5.09. The van der Waals surface area contributed by atoms with Crippen molar-refractivity contribution in [2.45, 2.75) is 187 Å². The molecular formula is C37H69NO3. The number of allylic oxidation sites excluding steroid dienone is 5. The number of nitrogens with one attached hydrogen (secondary N) is 1. The van der Waals surface area contributed by atoms with Gasteiger partial charge in [-0.25, -0.2) is 0 Å². The molecule has 0 heterocycles. The van der Waals surface area contributed by atoms with Gasteiger partial charge in [0, 0.05) is 6.42 Å². The first-order valence-electron chi connectivity index (χ1n) is 17.7. The molecule has 0 saturated heterocycles. The number of hydrogen-bond donors (Lipinski definition) is 3. The molecule has 2 atom stereocenters. The molecule has 0 rings (SSSR count). The first kappa shape index (κ1) is 39.6. The molecule has 0 spiro atoms. The lowest BCUT2D eigenvalue weighted by molar-refractivity contribution is -0.123. The second-order valence-electron chi connectivity index (χ2n) is 11.9. The number of rotatable bonds is 31. The van der Waals surface area contributed by atoms with Gasteiger partial charge in [-0.2, -0.15) is 0 Å². The number of aliphatic hydroxyl groups is 2. The lowest BCUT2D eigenvalue weighted by atomic mass is 10.1. The molecule has 0 aliphatic rings. The summed E-state index contributed by atoms with van der Waals surface area (Å²) < 4.78 is 0. The number of aliphatic hydroxyl groups excluding tert-OH is 2. The Morgan fingerprint density at radius 2 is 0.951 bits per heavy atom. The van der Waals surface area contributed by atoms with E-state index in [0.717, 1.165) is 38.5 Å². The molecule has 4 heteroatoms. The average molecular weight is 576 g/mol. The third-order valence-electron chi connectivity index (χ3n) is 7.85. The average Bonchev–Trinajstić information content (AvgIpc) is 2.97. The molecule has 2 unspecified atom stereocenters. The number of hydrogen-bond acceptors (Lipinski definition) is 3. The molecule has 1 amide bonds. The van der Waals surface area contributed by atoms with Crippen LogP contribution in [-0.4, -0.2) is 34.9 Å². The molecular weight excluding hydrogens is 506 g/mol. The van der Waals surface area contributed by atoms with E-state index in [0.29, 0.717) is 6.42 Å². The minimum absolute atomic E-state index is 0.0834. The van der Waals surface area contributed by atoms with Crippen LogP contribution in [0.5, 0.6) is 0 Å². The van der Waals surface area contributed by atoms with Crippen molar-refractivity contribution >= 4 is 5.91 Å². The highest BCUT2D eigenvalue weighted by molar-refractivity contribution is 5.76. The molecule has 0 aromatic carbocycles. The summed E-state index contributed by atoms with van der Waals surface area (Å²) in [6.07, 6.45) is 42.3. The van der Waals surface area contributed by atoms with Gasteiger partial charge in [0.15, 0.2) is 0 Å². The van der Waals surface area contributed by atoms with Gasteiger partial charge < -0.3 is 15.5 Å². The van der Waals surface area contributed by atoms with E-state index < -0.39 is 12.1 Å². The summed E-state index contributed by atoms with van der Waals surface area (Å²) in [4.78, 5) is 12.2. The van der Waals surface area contributed by atoms with Crippen LogP contribution in [0.25, 0.3) is 0 Å². The molecule has 0 aliphatic heterocycles. The first-order valence-corrected chi connectivity index (χ1v) is 17.7. The van der Waals surface area contributed by atoms with E-state index in [1.807, 2.05) is 6.08 Å². The quantitative estimate of drug-likeness (QED) is 0.0569. The summed E-state index contributed by atoms with van der Waals surface area (Å²) in [6.45, 7) is 4.25. The summed E-state index contributed by atoms with van der Waals surface area (Å²) in [6, 6.07) is -0.639. The summed E-state index contributed by atoms with van der Waals surface area (Å²) in [5.41, 5.74) is 0. The Kier molecular flexibility index (Phi) is 32.0. The second-order valence-corrected chi connectivity index (χ2v) is 11.9. The van der Waals surface area contributed by atoms with Crippen molar-refractivity contribution in [1.82, 2.24) is 5.32 Å². The van der Waals surface area contributed by atoms with E-state index in [4.69, 9.17) is 0 Å². The van der Waals surface area contributed by atoms with Crippen molar-refractivity contribution in [3.8, 4) is 0 Å². The van der Waals surface area contributed by atoms with Crippen molar-refractivity contribution in [3.05, 3.63) is 36.5 Å². The maximum atomic E-state index is 12.2. The lowest BCUT2D eigenvalue weighted by Gasteiger charge is -2.19. The predicted octanol–water partition coefficient (Wildman–Crippen LogP) is 10.3. The van der Waals surface area contributed by atoms with Crippen molar-refractivity contribution in [3.63, 3.8) is 0 Å². The fourth-order valence-electron chi connectivity index (χ4n) is 5.09. The highest BCUT2D eigenvalue weighted by Gasteiger charge is 2.17. The van der Waals surface area contributed by atoms with Gasteiger partial charge in [-0.1, -0.05) is 159 Å². The molecule has 0 aromatic rings. The molecule has 0 saturated carbocycles. The van der Waals surface area contributed by atoms with Gasteiger partial charge in [0.05, 0.1) is 18.8 Å². The Labute approximate surface area is 255 Å². The van der Waals surface area contributed by atoms with E-state index in [1.54, 1.807) is 6.08 Å². The van der Waals surface area contributed by atoms with E-state index in [-0.39, 0.29) is 12.5 Å². The summed E-state index contributed by atoms with van der Waals surface area (Å²) >= 11 is 0. The third-order valence-corrected chi connectivity index (χ3v) is 7.85. The molecule has 41 heavy (non-hydrogen) atoms. The highest BCUT2D eigenvalue weighted by atomic mass is 16.3. The Morgan fingerprint density at radius 3 is 1.41 bits per heavy atom. The van der Waals surface area contributed by atoms with Crippen molar-refractivity contribution in [2.75, 3.05) is 6.61 Å². The van der Waals surface area contributed by atoms with E-state index in [2.05, 4.69) is 43.5 Å². The van der Waals surface area contributed by atoms with Gasteiger partial charge in [0.25, 0.3) is 0 Å². The monoisotopic (exact) mass is 576 g/mol. The Morgan fingerprint density at radius 1 is 0.561 bits per heavy atom. The topological polar surface area (TPSA) is 69.6 Å². The van der Waals surface area contributed by atoms with Gasteiger partial charge in [-0.15, -0.1) is 0 Å². The van der Waals surface area contributed by atoms with E-state index >= 15 is 0 Å². The van der Waals surface area contributed by atoms with Crippen LogP contribution in [0.2, 0.25) is 0 Å². The van der Waals surface area contributed by atoms with Crippen LogP contribution in [0.3, 0.4) is 0 Å². The summed E-state index contributed by atoms with van der Waals surface area (Å²) in [7, 11) is 0. The van der Waals surface area contributed by atoms with Crippen molar-refractivity contribution in [2.24, 2.45) is 0 Å². The molecule has 240 valence electrons. The highest BCUT2D eigenvalue weighted by Crippen LogP contribution is 2.12. The fraction of sp³-hybridized carbons (Fsp3) is 0.811. The summed E-state index contributed by atoms with van der Waals surface area (Å²) in [5.74, 6) is -0.0834. The van der Waals surface area contributed by atoms with Crippen LogP contribution in [0.15, 0.2) is 36.5 Å². The SMILES string of the molecule is CCCCCCCCCCCC/C=C/CC/C=C/CC/C=C/C(O)C(CO)NC(=O)CCCCCCCCCCC. The van der Waals surface area contributed by atoms with Gasteiger partial charge >= 0.3 is 0 Å². The van der Waals surface area contributed by atoms with Crippen LogP contribution in [-0.2, 0) is 4.79 Å². The largest absolute Gasteiger partial charge is 0.394 e. The third kappa shape index (κ3) is 29.9. The molecule has 0 aromatic heterocycles. The lowest BCUT2D eigenvalue weighted by Crippen LogP contribution is -2.45. The molecule has 4 nitrogen and oxygen atoms in total. The normalized spacial score (nSPS) is 13.6. The number of carbonyl (C=O) groups excluding carboxylic acids is 1. The minimum Gasteiger partial charge on any atom is -0.394 e. The van der Waals surface area contributed by atoms with Gasteiger partial charge in [-0.3, -0.25) is 4.79 Å². The van der Waals surface area contributed by atoms with Crippen LogP contribution >= 0.6 is 0 Å². The maximum absolute atomic E-state index is 12.2. The molecule has 0 aliphatic carbocycles. The van der Waals surface area contributed by atoms with Crippen LogP contribution in [0, 0.1) is 0 Å². The zero-order valence-corrected chi connectivity index (χ0v) is 27.3. The number of amides is 1. The smallest absolute Gasteiger partial charge is 0.220 e. The molecule has 0 fully saturated rings.